The van der Waals surface area contributed by atoms with Gasteiger partial charge in [0.05, 0.1) is 11.5 Å². The summed E-state index contributed by atoms with van der Waals surface area (Å²) < 4.78 is 0. The van der Waals surface area contributed by atoms with Gasteiger partial charge in [-0.25, -0.2) is 0 Å². The van der Waals surface area contributed by atoms with Crippen LogP contribution in [0.15, 0.2) is 24.3 Å². The standard InChI is InChI=1S/C15H21N3/c1-15(2,11-16)12-3-5-13(6-4-12)18-14-7-9-17-10-8-14/h3-6,14,17-18H,7-10H2,1-2H3. The van der Waals surface area contributed by atoms with Gasteiger partial charge >= 0.3 is 0 Å². The van der Waals surface area contributed by atoms with Crippen LogP contribution >= 0.6 is 0 Å². The maximum atomic E-state index is 9.11. The Morgan fingerprint density at radius 3 is 2.39 bits per heavy atom. The van der Waals surface area contributed by atoms with E-state index in [-0.39, 0.29) is 0 Å². The number of nitrogens with one attached hydrogen (secondary N) is 2. The molecule has 2 N–H and O–H groups in total. The molecule has 1 saturated heterocycles. The van der Waals surface area contributed by atoms with Gasteiger partial charge in [0.2, 0.25) is 0 Å². The molecule has 0 aromatic heterocycles. The number of nitrogens with zero attached hydrogens (tertiary/aromatic N) is 1. The predicted octanol–water partition coefficient (Wildman–Crippen LogP) is 2.65. The molecule has 0 atom stereocenters. The summed E-state index contributed by atoms with van der Waals surface area (Å²) >= 11 is 0. The van der Waals surface area contributed by atoms with Crippen molar-refractivity contribution in [2.45, 2.75) is 38.1 Å². The Bertz CT molecular complexity index is 422. The summed E-state index contributed by atoms with van der Waals surface area (Å²) in [6.07, 6.45) is 2.34. The van der Waals surface area contributed by atoms with Crippen molar-refractivity contribution in [3.63, 3.8) is 0 Å². The lowest BCUT2D eigenvalue weighted by Gasteiger charge is -2.25. The zero-order valence-electron chi connectivity index (χ0n) is 11.2. The van der Waals surface area contributed by atoms with Gasteiger partial charge in [0.25, 0.3) is 0 Å². The van der Waals surface area contributed by atoms with Crippen molar-refractivity contribution < 1.29 is 0 Å². The Morgan fingerprint density at radius 2 is 1.83 bits per heavy atom. The summed E-state index contributed by atoms with van der Waals surface area (Å²) in [6, 6.07) is 11.2. The molecule has 0 aliphatic carbocycles. The molecule has 3 nitrogen and oxygen atoms in total. The summed E-state index contributed by atoms with van der Waals surface area (Å²) in [5.41, 5.74) is 1.81. The topological polar surface area (TPSA) is 47.9 Å². The van der Waals surface area contributed by atoms with Crippen LogP contribution in [0.1, 0.15) is 32.3 Å². The number of nitriles is 1. The van der Waals surface area contributed by atoms with Gasteiger partial charge in [0.15, 0.2) is 0 Å². The number of hydrogen-bond donors (Lipinski definition) is 2. The van der Waals surface area contributed by atoms with E-state index in [0.717, 1.165) is 24.3 Å². The molecule has 3 heteroatoms. The summed E-state index contributed by atoms with van der Waals surface area (Å²) in [5.74, 6) is 0. The quantitative estimate of drug-likeness (QED) is 0.858. The van der Waals surface area contributed by atoms with Crippen molar-refractivity contribution in [2.24, 2.45) is 0 Å². The van der Waals surface area contributed by atoms with Crippen LogP contribution in [0.3, 0.4) is 0 Å². The summed E-state index contributed by atoms with van der Waals surface area (Å²) in [7, 11) is 0. The molecule has 0 amide bonds. The molecule has 0 bridgehead atoms. The van der Waals surface area contributed by atoms with E-state index in [2.05, 4.69) is 28.8 Å². The van der Waals surface area contributed by atoms with Crippen LogP contribution in [0.4, 0.5) is 5.69 Å². The van der Waals surface area contributed by atoms with Crippen molar-refractivity contribution >= 4 is 5.69 Å². The molecule has 0 saturated carbocycles. The summed E-state index contributed by atoms with van der Waals surface area (Å²) in [4.78, 5) is 0. The van der Waals surface area contributed by atoms with Crippen molar-refractivity contribution in [3.8, 4) is 6.07 Å². The molecule has 1 fully saturated rings. The Morgan fingerprint density at radius 1 is 1.22 bits per heavy atom. The lowest BCUT2D eigenvalue weighted by molar-refractivity contribution is 0.479. The van der Waals surface area contributed by atoms with E-state index >= 15 is 0 Å². The van der Waals surface area contributed by atoms with Crippen molar-refractivity contribution in [1.29, 1.82) is 5.26 Å². The molecule has 0 spiro atoms. The Labute approximate surface area is 109 Å². The highest BCUT2D eigenvalue weighted by atomic mass is 15.0. The molecular formula is C15H21N3. The molecule has 0 unspecified atom stereocenters. The molecule has 18 heavy (non-hydrogen) atoms. The van der Waals surface area contributed by atoms with Crippen LogP contribution in [0.2, 0.25) is 0 Å². The van der Waals surface area contributed by atoms with Crippen LogP contribution < -0.4 is 10.6 Å². The lowest BCUT2D eigenvalue weighted by Crippen LogP contribution is -2.35. The first-order valence-electron chi connectivity index (χ1n) is 6.61. The molecule has 1 aliphatic rings. The molecule has 96 valence electrons. The van der Waals surface area contributed by atoms with Crippen molar-refractivity contribution in [3.05, 3.63) is 29.8 Å². The van der Waals surface area contributed by atoms with Gasteiger partial charge in [-0.15, -0.1) is 0 Å². The van der Waals surface area contributed by atoms with Crippen LogP contribution in [0, 0.1) is 11.3 Å². The van der Waals surface area contributed by atoms with E-state index < -0.39 is 5.41 Å². The van der Waals surface area contributed by atoms with E-state index in [9.17, 15) is 0 Å². The van der Waals surface area contributed by atoms with Crippen LogP contribution in [-0.4, -0.2) is 19.1 Å². The van der Waals surface area contributed by atoms with Gasteiger partial charge in [-0.1, -0.05) is 12.1 Å². The fourth-order valence-electron chi connectivity index (χ4n) is 2.25. The first kappa shape index (κ1) is 12.9. The Kier molecular flexibility index (Phi) is 3.88. The Hall–Kier alpha value is -1.53. The number of hydrogen-bond acceptors (Lipinski definition) is 3. The maximum Gasteiger partial charge on any atom is 0.0766 e. The molecule has 1 aromatic carbocycles. The van der Waals surface area contributed by atoms with E-state index in [4.69, 9.17) is 5.26 Å². The lowest BCUT2D eigenvalue weighted by atomic mass is 9.86. The Balaban J connectivity index is 2.01. The number of rotatable bonds is 3. The third-order valence-electron chi connectivity index (χ3n) is 3.60. The highest BCUT2D eigenvalue weighted by Crippen LogP contribution is 2.24. The van der Waals surface area contributed by atoms with Gasteiger partial charge < -0.3 is 10.6 Å². The van der Waals surface area contributed by atoms with Gasteiger partial charge in [-0.3, -0.25) is 0 Å². The first-order chi connectivity index (χ1) is 8.62. The van der Waals surface area contributed by atoms with Gasteiger partial charge in [0.1, 0.15) is 0 Å². The third kappa shape index (κ3) is 3.02. The first-order valence-corrected chi connectivity index (χ1v) is 6.61. The second-order valence-corrected chi connectivity index (χ2v) is 5.48. The zero-order chi connectivity index (χ0) is 13.0. The number of anilines is 1. The second-order valence-electron chi connectivity index (χ2n) is 5.48. The molecule has 0 radical (unpaired) electrons. The third-order valence-corrected chi connectivity index (χ3v) is 3.60. The van der Waals surface area contributed by atoms with E-state index in [0.29, 0.717) is 6.04 Å². The predicted molar refractivity (Wildman–Crippen MR) is 74.6 cm³/mol. The summed E-state index contributed by atoms with van der Waals surface area (Å²) in [6.45, 7) is 6.08. The molecule has 1 aliphatic heterocycles. The highest BCUT2D eigenvalue weighted by Gasteiger charge is 2.19. The molecule has 1 aromatic rings. The summed E-state index contributed by atoms with van der Waals surface area (Å²) in [5, 5.41) is 16.0. The van der Waals surface area contributed by atoms with E-state index in [1.165, 1.54) is 12.8 Å². The van der Waals surface area contributed by atoms with Crippen LogP contribution in [0.25, 0.3) is 0 Å². The van der Waals surface area contributed by atoms with Crippen molar-refractivity contribution in [2.75, 3.05) is 18.4 Å². The molecule has 2 rings (SSSR count). The largest absolute Gasteiger partial charge is 0.382 e. The second kappa shape index (κ2) is 5.41. The monoisotopic (exact) mass is 243 g/mol. The highest BCUT2D eigenvalue weighted by molar-refractivity contribution is 5.47. The number of piperidine rings is 1. The van der Waals surface area contributed by atoms with Gasteiger partial charge in [-0.2, -0.15) is 5.26 Å². The number of benzene rings is 1. The smallest absolute Gasteiger partial charge is 0.0766 e. The average molecular weight is 243 g/mol. The van der Waals surface area contributed by atoms with Crippen molar-refractivity contribution in [1.82, 2.24) is 5.32 Å². The minimum atomic E-state index is -0.409. The minimum Gasteiger partial charge on any atom is -0.382 e. The SMILES string of the molecule is CC(C)(C#N)c1ccc(NC2CCNCC2)cc1. The fourth-order valence-corrected chi connectivity index (χ4v) is 2.25. The zero-order valence-corrected chi connectivity index (χ0v) is 11.2. The van der Waals surface area contributed by atoms with Crippen LogP contribution in [-0.2, 0) is 5.41 Å². The molecular weight excluding hydrogens is 222 g/mol. The van der Waals surface area contributed by atoms with Crippen LogP contribution in [0.5, 0.6) is 0 Å². The van der Waals surface area contributed by atoms with Gasteiger partial charge in [-0.05, 0) is 57.5 Å². The fraction of sp³-hybridized carbons (Fsp3) is 0.533. The molecule has 1 heterocycles. The normalized spacial score (nSPS) is 17.2. The minimum absolute atomic E-state index is 0.409. The van der Waals surface area contributed by atoms with E-state index in [1.807, 2.05) is 26.0 Å². The maximum absolute atomic E-state index is 9.11. The van der Waals surface area contributed by atoms with Gasteiger partial charge in [0, 0.05) is 11.7 Å². The average Bonchev–Trinajstić information content (AvgIpc) is 2.40. The van der Waals surface area contributed by atoms with E-state index in [1.54, 1.807) is 0 Å².